The lowest BCUT2D eigenvalue weighted by Gasteiger charge is -2.38. The summed E-state index contributed by atoms with van der Waals surface area (Å²) in [4.78, 5) is 11.3. The highest BCUT2D eigenvalue weighted by Crippen LogP contribution is 2.46. The van der Waals surface area contributed by atoms with Gasteiger partial charge in [-0.3, -0.25) is 0 Å². The highest BCUT2D eigenvalue weighted by molar-refractivity contribution is 5.89. The summed E-state index contributed by atoms with van der Waals surface area (Å²) in [5.74, 6) is -5.46. The van der Waals surface area contributed by atoms with Crippen molar-refractivity contribution in [2.24, 2.45) is 0 Å². The second-order valence-corrected chi connectivity index (χ2v) is 7.50. The molecule has 1 saturated heterocycles. The lowest BCUT2D eigenvalue weighted by atomic mass is 9.99. The van der Waals surface area contributed by atoms with Gasteiger partial charge in [0.2, 0.25) is 17.8 Å². The molecule has 9 N–H and O–H groups in total. The van der Waals surface area contributed by atoms with E-state index in [1.54, 1.807) is 0 Å². The standard InChI is InChI=1S/C21H18O13/c22-9-2-1-7(13(25)14(9)26)18-11(24)5-8-10(23)3-6(4-12(8)33-18)32-21-17(29)15(27)16(28)19(34-21)20(30)31/h1-5,15-17,19,21,27-29H,(H5-,22,23,24,25,26,30,31)/p+1. The van der Waals surface area contributed by atoms with Gasteiger partial charge >= 0.3 is 17.3 Å². The minimum Gasteiger partial charge on any atom is -0.507 e. The molecule has 0 spiro atoms. The third kappa shape index (κ3) is 3.82. The van der Waals surface area contributed by atoms with E-state index in [9.17, 15) is 45.6 Å². The Bertz CT molecular complexity index is 1270. The number of aliphatic carboxylic acids is 1. The van der Waals surface area contributed by atoms with Crippen LogP contribution in [0.2, 0.25) is 0 Å². The van der Waals surface area contributed by atoms with E-state index in [1.807, 2.05) is 0 Å². The number of aromatic hydroxyl groups is 5. The molecule has 2 aromatic carbocycles. The van der Waals surface area contributed by atoms with Gasteiger partial charge in [-0.2, -0.15) is 0 Å². The second-order valence-electron chi connectivity index (χ2n) is 7.50. The molecule has 34 heavy (non-hydrogen) atoms. The monoisotopic (exact) mass is 479 g/mol. The van der Waals surface area contributed by atoms with Gasteiger partial charge in [-0.15, -0.1) is 0 Å². The van der Waals surface area contributed by atoms with Crippen LogP contribution < -0.4 is 4.74 Å². The first-order valence-corrected chi connectivity index (χ1v) is 9.65. The van der Waals surface area contributed by atoms with Gasteiger partial charge in [0.1, 0.15) is 40.8 Å². The van der Waals surface area contributed by atoms with Gasteiger partial charge in [0.05, 0.1) is 6.07 Å². The minimum absolute atomic E-state index is 0.0138. The highest BCUT2D eigenvalue weighted by atomic mass is 16.7. The third-order valence-corrected chi connectivity index (χ3v) is 5.26. The summed E-state index contributed by atoms with van der Waals surface area (Å²) in [7, 11) is 0. The number of hydrogen-bond donors (Lipinski definition) is 9. The largest absolute Gasteiger partial charge is 0.507 e. The van der Waals surface area contributed by atoms with E-state index in [0.29, 0.717) is 0 Å². The molecule has 0 aliphatic carbocycles. The molecule has 1 fully saturated rings. The number of phenolic OH excluding ortho intramolecular Hbond substituents is 4. The number of benzene rings is 2. The van der Waals surface area contributed by atoms with E-state index in [-0.39, 0.29) is 28.0 Å². The molecule has 2 heterocycles. The summed E-state index contributed by atoms with van der Waals surface area (Å²) in [5, 5.41) is 88.9. The van der Waals surface area contributed by atoms with Crippen molar-refractivity contribution in [3.8, 4) is 45.8 Å². The average molecular weight is 479 g/mol. The highest BCUT2D eigenvalue weighted by Gasteiger charge is 2.48. The summed E-state index contributed by atoms with van der Waals surface area (Å²) in [6.07, 6.45) is -9.35. The number of phenols is 4. The summed E-state index contributed by atoms with van der Waals surface area (Å²) in [6, 6.07) is 5.48. The first-order chi connectivity index (χ1) is 16.0. The van der Waals surface area contributed by atoms with Gasteiger partial charge in [0.15, 0.2) is 17.6 Å². The normalized spacial score (nSPS) is 24.7. The molecule has 13 nitrogen and oxygen atoms in total. The van der Waals surface area contributed by atoms with Crippen LogP contribution in [0.25, 0.3) is 22.3 Å². The number of carboxylic acids is 1. The Balaban J connectivity index is 1.74. The van der Waals surface area contributed by atoms with Gasteiger partial charge in [-0.25, -0.2) is 9.21 Å². The van der Waals surface area contributed by atoms with Crippen molar-refractivity contribution in [1.29, 1.82) is 0 Å². The number of carbonyl (C=O) groups is 1. The molecule has 0 radical (unpaired) electrons. The minimum atomic E-state index is -1.92. The smallest absolute Gasteiger partial charge is 0.405 e. The first-order valence-electron chi connectivity index (χ1n) is 9.65. The molecule has 3 aromatic rings. The van der Waals surface area contributed by atoms with Crippen molar-refractivity contribution < 1.29 is 64.6 Å². The zero-order valence-electron chi connectivity index (χ0n) is 16.9. The van der Waals surface area contributed by atoms with Crippen molar-refractivity contribution >= 4 is 16.9 Å². The maximum absolute atomic E-state index is 11.3. The quantitative estimate of drug-likeness (QED) is 0.180. The predicted molar refractivity (Wildman–Crippen MR) is 109 cm³/mol. The van der Waals surface area contributed by atoms with Crippen molar-refractivity contribution in [2.45, 2.75) is 30.7 Å². The number of hydrogen-bond acceptors (Lipinski definition) is 11. The summed E-state index contributed by atoms with van der Waals surface area (Å²) < 4.78 is 16.0. The third-order valence-electron chi connectivity index (χ3n) is 5.26. The first kappa shape index (κ1) is 23.1. The fourth-order valence-corrected chi connectivity index (χ4v) is 3.48. The molecule has 13 heteroatoms. The Morgan fingerprint density at radius 2 is 1.56 bits per heavy atom. The van der Waals surface area contributed by atoms with Crippen molar-refractivity contribution in [1.82, 2.24) is 0 Å². The summed E-state index contributed by atoms with van der Waals surface area (Å²) in [6.45, 7) is 0. The van der Waals surface area contributed by atoms with Crippen LogP contribution in [0.1, 0.15) is 0 Å². The molecule has 180 valence electrons. The van der Waals surface area contributed by atoms with Crippen LogP contribution in [-0.2, 0) is 9.53 Å². The molecule has 5 unspecified atom stereocenters. The fourth-order valence-electron chi connectivity index (χ4n) is 3.48. The van der Waals surface area contributed by atoms with Gasteiger partial charge in [-0.05, 0) is 12.1 Å². The number of aliphatic hydroxyl groups is 3. The average Bonchev–Trinajstić information content (AvgIpc) is 2.78. The predicted octanol–water partition coefficient (Wildman–Crippen LogP) is 0.180. The number of aliphatic hydroxyl groups excluding tert-OH is 3. The fraction of sp³-hybridized carbons (Fsp3) is 0.238. The Hall–Kier alpha value is -4.04. The topological polar surface area (TPSA) is 229 Å². The van der Waals surface area contributed by atoms with E-state index in [0.717, 1.165) is 24.3 Å². The summed E-state index contributed by atoms with van der Waals surface area (Å²) in [5.41, 5.74) is -0.330. The molecular formula is C21H19O13+. The zero-order valence-corrected chi connectivity index (χ0v) is 16.9. The number of carboxylic acid groups (broad SMARTS) is 1. The van der Waals surface area contributed by atoms with Crippen LogP contribution in [-0.4, -0.2) is 82.6 Å². The van der Waals surface area contributed by atoms with Crippen LogP contribution >= 0.6 is 0 Å². The number of fused-ring (bicyclic) bond motifs is 1. The van der Waals surface area contributed by atoms with Crippen molar-refractivity contribution in [3.05, 3.63) is 30.3 Å². The lowest BCUT2D eigenvalue weighted by Crippen LogP contribution is -2.61. The van der Waals surface area contributed by atoms with Gasteiger partial charge < -0.3 is 55.4 Å². The van der Waals surface area contributed by atoms with E-state index >= 15 is 0 Å². The summed E-state index contributed by atoms with van der Waals surface area (Å²) >= 11 is 0. The molecule has 5 atom stereocenters. The van der Waals surface area contributed by atoms with Crippen LogP contribution in [0.15, 0.2) is 34.7 Å². The molecule has 1 aliphatic heterocycles. The van der Waals surface area contributed by atoms with Crippen LogP contribution in [0.5, 0.6) is 34.5 Å². The molecule has 1 aliphatic rings. The number of rotatable bonds is 4. The van der Waals surface area contributed by atoms with Gasteiger partial charge in [0.25, 0.3) is 0 Å². The van der Waals surface area contributed by atoms with Crippen LogP contribution in [0, 0.1) is 0 Å². The van der Waals surface area contributed by atoms with Crippen LogP contribution in [0.3, 0.4) is 0 Å². The van der Waals surface area contributed by atoms with Crippen molar-refractivity contribution in [3.63, 3.8) is 0 Å². The SMILES string of the molecule is O=C(O)C1OC(Oc2cc(O)c3cc(O)c(-c4ccc(O)c(O)c4O)[o+]c3c2)C(O)C(O)C1O. The van der Waals surface area contributed by atoms with Gasteiger partial charge in [0, 0.05) is 12.1 Å². The van der Waals surface area contributed by atoms with E-state index in [2.05, 4.69) is 0 Å². The Labute approximate surface area is 189 Å². The van der Waals surface area contributed by atoms with Crippen molar-refractivity contribution in [2.75, 3.05) is 0 Å². The second kappa shape index (κ2) is 8.39. The molecule has 0 bridgehead atoms. The Morgan fingerprint density at radius 3 is 2.24 bits per heavy atom. The maximum Gasteiger partial charge on any atom is 0.405 e. The van der Waals surface area contributed by atoms with E-state index in [4.69, 9.17) is 19.0 Å². The molecule has 4 rings (SSSR count). The Kier molecular flexibility index (Phi) is 5.70. The molecule has 0 saturated carbocycles. The maximum atomic E-state index is 11.3. The zero-order chi connectivity index (χ0) is 24.9. The van der Waals surface area contributed by atoms with E-state index < -0.39 is 65.4 Å². The van der Waals surface area contributed by atoms with Crippen LogP contribution in [0.4, 0.5) is 0 Å². The Morgan fingerprint density at radius 1 is 0.853 bits per heavy atom. The molecular weight excluding hydrogens is 460 g/mol. The van der Waals surface area contributed by atoms with Gasteiger partial charge in [-0.1, -0.05) is 0 Å². The molecule has 0 amide bonds. The molecule has 1 aromatic heterocycles. The number of ether oxygens (including phenoxy) is 2. The van der Waals surface area contributed by atoms with E-state index in [1.165, 1.54) is 6.07 Å². The lowest BCUT2D eigenvalue weighted by molar-refractivity contribution is -0.271.